The standard InChI is InChI=1S/C11H12F3NO2/c1-15-9(10(16)17)6-7-2-4-8(5-3-7)11(12,13)14/h2-5,9,15H,6H2,1H3,(H,16,17)/t9-/m0/s1. The number of halogens is 3. The molecule has 0 spiro atoms. The fourth-order valence-electron chi connectivity index (χ4n) is 1.38. The Bertz CT molecular complexity index is 387. The van der Waals surface area contributed by atoms with Gasteiger partial charge in [-0.25, -0.2) is 0 Å². The number of hydrogen-bond donors (Lipinski definition) is 2. The molecular formula is C11H12F3NO2. The molecule has 0 aliphatic rings. The Kier molecular flexibility index (Phi) is 4.11. The number of carboxylic acids is 1. The molecule has 0 aromatic heterocycles. The van der Waals surface area contributed by atoms with Crippen LogP contribution in [0.3, 0.4) is 0 Å². The Balaban J connectivity index is 2.78. The fraction of sp³-hybridized carbons (Fsp3) is 0.364. The summed E-state index contributed by atoms with van der Waals surface area (Å²) in [5.74, 6) is -1.03. The molecular weight excluding hydrogens is 235 g/mol. The Hall–Kier alpha value is -1.56. The summed E-state index contributed by atoms with van der Waals surface area (Å²) in [5.41, 5.74) is -0.197. The van der Waals surface area contributed by atoms with Gasteiger partial charge in [-0.15, -0.1) is 0 Å². The van der Waals surface area contributed by atoms with Crippen LogP contribution >= 0.6 is 0 Å². The minimum absolute atomic E-state index is 0.143. The topological polar surface area (TPSA) is 49.3 Å². The van der Waals surface area contributed by atoms with E-state index in [4.69, 9.17) is 5.11 Å². The Morgan fingerprint density at radius 2 is 1.88 bits per heavy atom. The summed E-state index contributed by atoms with van der Waals surface area (Å²) >= 11 is 0. The minimum Gasteiger partial charge on any atom is -0.480 e. The lowest BCUT2D eigenvalue weighted by Crippen LogP contribution is -2.35. The van der Waals surface area contributed by atoms with Crippen LogP contribution in [0.1, 0.15) is 11.1 Å². The number of aliphatic carboxylic acids is 1. The van der Waals surface area contributed by atoms with E-state index >= 15 is 0 Å². The number of carbonyl (C=O) groups is 1. The number of hydrogen-bond acceptors (Lipinski definition) is 2. The van der Waals surface area contributed by atoms with Crippen molar-refractivity contribution in [2.75, 3.05) is 7.05 Å². The van der Waals surface area contributed by atoms with Gasteiger partial charge in [-0.05, 0) is 31.2 Å². The van der Waals surface area contributed by atoms with E-state index < -0.39 is 23.8 Å². The van der Waals surface area contributed by atoms with E-state index in [1.807, 2.05) is 0 Å². The van der Waals surface area contributed by atoms with E-state index in [1.165, 1.54) is 19.2 Å². The summed E-state index contributed by atoms with van der Waals surface area (Å²) in [7, 11) is 1.49. The van der Waals surface area contributed by atoms with Crippen molar-refractivity contribution in [3.05, 3.63) is 35.4 Å². The third-order valence-electron chi connectivity index (χ3n) is 2.37. The highest BCUT2D eigenvalue weighted by Gasteiger charge is 2.30. The van der Waals surface area contributed by atoms with Crippen molar-refractivity contribution in [1.82, 2.24) is 5.32 Å². The Labute approximate surface area is 96.3 Å². The van der Waals surface area contributed by atoms with Gasteiger partial charge in [0.15, 0.2) is 0 Å². The van der Waals surface area contributed by atoms with Crippen molar-refractivity contribution in [2.45, 2.75) is 18.6 Å². The summed E-state index contributed by atoms with van der Waals surface area (Å²) < 4.78 is 36.8. The number of nitrogens with one attached hydrogen (secondary N) is 1. The first-order valence-corrected chi connectivity index (χ1v) is 4.91. The molecule has 0 heterocycles. The van der Waals surface area contributed by atoms with Gasteiger partial charge in [-0.1, -0.05) is 12.1 Å². The maximum atomic E-state index is 12.3. The second kappa shape index (κ2) is 5.18. The maximum Gasteiger partial charge on any atom is 0.416 e. The second-order valence-corrected chi connectivity index (χ2v) is 3.58. The number of benzene rings is 1. The van der Waals surface area contributed by atoms with Crippen LogP contribution in [0.5, 0.6) is 0 Å². The van der Waals surface area contributed by atoms with Crippen LogP contribution in [-0.2, 0) is 17.4 Å². The van der Waals surface area contributed by atoms with E-state index in [0.29, 0.717) is 5.56 Å². The summed E-state index contributed by atoms with van der Waals surface area (Å²) in [6.45, 7) is 0. The molecule has 2 N–H and O–H groups in total. The van der Waals surface area contributed by atoms with Gasteiger partial charge in [-0.2, -0.15) is 13.2 Å². The van der Waals surface area contributed by atoms with E-state index in [9.17, 15) is 18.0 Å². The molecule has 0 saturated heterocycles. The van der Waals surface area contributed by atoms with Gasteiger partial charge in [0, 0.05) is 0 Å². The Morgan fingerprint density at radius 3 is 2.24 bits per heavy atom. The summed E-state index contributed by atoms with van der Waals surface area (Å²) in [4.78, 5) is 10.7. The summed E-state index contributed by atoms with van der Waals surface area (Å²) in [6.07, 6.45) is -4.22. The summed E-state index contributed by atoms with van der Waals surface area (Å²) in [6, 6.07) is 3.67. The van der Waals surface area contributed by atoms with E-state index in [2.05, 4.69) is 5.32 Å². The highest BCUT2D eigenvalue weighted by atomic mass is 19.4. The average molecular weight is 247 g/mol. The lowest BCUT2D eigenvalue weighted by molar-refractivity contribution is -0.139. The highest BCUT2D eigenvalue weighted by Crippen LogP contribution is 2.29. The summed E-state index contributed by atoms with van der Waals surface area (Å²) in [5, 5.41) is 11.3. The monoisotopic (exact) mass is 247 g/mol. The first-order chi connectivity index (χ1) is 7.84. The van der Waals surface area contributed by atoms with Gasteiger partial charge in [0.25, 0.3) is 0 Å². The van der Waals surface area contributed by atoms with Crippen LogP contribution in [0.4, 0.5) is 13.2 Å². The zero-order valence-electron chi connectivity index (χ0n) is 9.08. The molecule has 1 aromatic carbocycles. The zero-order chi connectivity index (χ0) is 13.1. The number of rotatable bonds is 4. The molecule has 0 saturated carbocycles. The maximum absolute atomic E-state index is 12.3. The quantitative estimate of drug-likeness (QED) is 0.854. The van der Waals surface area contributed by atoms with Crippen molar-refractivity contribution in [1.29, 1.82) is 0 Å². The highest BCUT2D eigenvalue weighted by molar-refractivity contribution is 5.73. The van der Waals surface area contributed by atoms with Gasteiger partial charge in [0.05, 0.1) is 5.56 Å². The third kappa shape index (κ3) is 3.74. The van der Waals surface area contributed by atoms with Gasteiger partial charge in [0.1, 0.15) is 6.04 Å². The first-order valence-electron chi connectivity index (χ1n) is 4.91. The minimum atomic E-state index is -4.37. The van der Waals surface area contributed by atoms with Crippen LogP contribution in [0.15, 0.2) is 24.3 Å². The van der Waals surface area contributed by atoms with Gasteiger partial charge in [0.2, 0.25) is 0 Å². The lowest BCUT2D eigenvalue weighted by Gasteiger charge is -2.12. The normalized spacial score (nSPS) is 13.4. The van der Waals surface area contributed by atoms with Crippen molar-refractivity contribution in [2.24, 2.45) is 0 Å². The van der Waals surface area contributed by atoms with Crippen LogP contribution in [0, 0.1) is 0 Å². The van der Waals surface area contributed by atoms with Crippen LogP contribution in [0.25, 0.3) is 0 Å². The van der Waals surface area contributed by atoms with E-state index in [0.717, 1.165) is 12.1 Å². The second-order valence-electron chi connectivity index (χ2n) is 3.58. The molecule has 6 heteroatoms. The number of likely N-dealkylation sites (N-methyl/N-ethyl adjacent to an activating group) is 1. The SMILES string of the molecule is CN[C@@H](Cc1ccc(C(F)(F)F)cc1)C(=O)O. The van der Waals surface area contributed by atoms with Gasteiger partial charge >= 0.3 is 12.1 Å². The lowest BCUT2D eigenvalue weighted by atomic mass is 10.0. The molecule has 0 amide bonds. The molecule has 0 bridgehead atoms. The van der Waals surface area contributed by atoms with E-state index in [-0.39, 0.29) is 6.42 Å². The molecule has 1 rings (SSSR count). The molecule has 17 heavy (non-hydrogen) atoms. The predicted octanol–water partition coefficient (Wildman–Crippen LogP) is 1.92. The number of alkyl halides is 3. The third-order valence-corrected chi connectivity index (χ3v) is 2.37. The zero-order valence-corrected chi connectivity index (χ0v) is 9.08. The van der Waals surface area contributed by atoms with Crippen molar-refractivity contribution < 1.29 is 23.1 Å². The molecule has 0 radical (unpaired) electrons. The average Bonchev–Trinajstić information content (AvgIpc) is 2.25. The van der Waals surface area contributed by atoms with Crippen molar-refractivity contribution in [3.63, 3.8) is 0 Å². The van der Waals surface area contributed by atoms with Crippen LogP contribution in [0.2, 0.25) is 0 Å². The fourth-order valence-corrected chi connectivity index (χ4v) is 1.38. The molecule has 0 unspecified atom stereocenters. The molecule has 0 fully saturated rings. The van der Waals surface area contributed by atoms with Crippen LogP contribution in [-0.4, -0.2) is 24.2 Å². The molecule has 1 atom stereocenters. The molecule has 1 aromatic rings. The van der Waals surface area contributed by atoms with E-state index in [1.54, 1.807) is 0 Å². The smallest absolute Gasteiger partial charge is 0.416 e. The molecule has 94 valence electrons. The van der Waals surface area contributed by atoms with Crippen LogP contribution < -0.4 is 5.32 Å². The Morgan fingerprint density at radius 1 is 1.35 bits per heavy atom. The van der Waals surface area contributed by atoms with Gasteiger partial charge < -0.3 is 10.4 Å². The molecule has 3 nitrogen and oxygen atoms in total. The largest absolute Gasteiger partial charge is 0.480 e. The van der Waals surface area contributed by atoms with Gasteiger partial charge in [-0.3, -0.25) is 4.79 Å². The first kappa shape index (κ1) is 13.5. The molecule has 0 aliphatic heterocycles. The number of carboxylic acid groups (broad SMARTS) is 1. The predicted molar refractivity (Wildman–Crippen MR) is 55.6 cm³/mol. The molecule has 0 aliphatic carbocycles. The van der Waals surface area contributed by atoms with Crippen molar-refractivity contribution >= 4 is 5.97 Å². The van der Waals surface area contributed by atoms with Crippen molar-refractivity contribution in [3.8, 4) is 0 Å².